The van der Waals surface area contributed by atoms with Crippen molar-refractivity contribution in [3.63, 3.8) is 0 Å². The van der Waals surface area contributed by atoms with Gasteiger partial charge in [0.2, 0.25) is 5.91 Å². The number of hydrogen-bond acceptors (Lipinski definition) is 2. The van der Waals surface area contributed by atoms with Crippen molar-refractivity contribution in [1.82, 2.24) is 5.32 Å². The first-order valence-electron chi connectivity index (χ1n) is 5.63. The smallest absolute Gasteiger partial charge is 0.227 e. The van der Waals surface area contributed by atoms with E-state index < -0.39 is 5.41 Å². The van der Waals surface area contributed by atoms with Crippen LogP contribution in [-0.2, 0) is 4.79 Å². The van der Waals surface area contributed by atoms with Gasteiger partial charge in [-0.25, -0.2) is 0 Å². The van der Waals surface area contributed by atoms with Gasteiger partial charge in [-0.05, 0) is 38.5 Å². The minimum Gasteiger partial charge on any atom is -0.349 e. The van der Waals surface area contributed by atoms with Crippen LogP contribution in [0.5, 0.6) is 0 Å². The average molecular weight is 299 g/mol. The zero-order valence-corrected chi connectivity index (χ0v) is 12.0. The first-order valence-corrected chi connectivity index (χ1v) is 6.42. The Morgan fingerprint density at radius 2 is 1.94 bits per heavy atom. The SMILES string of the molecule is C[C@@H](NC(=O)C(C)(C)CN)c1ccc(Br)cc1. The van der Waals surface area contributed by atoms with Crippen molar-refractivity contribution < 1.29 is 4.79 Å². The minimum atomic E-state index is -0.524. The van der Waals surface area contributed by atoms with E-state index in [1.54, 1.807) is 0 Å². The molecule has 0 saturated carbocycles. The molecule has 94 valence electrons. The number of halogens is 1. The third kappa shape index (κ3) is 3.82. The van der Waals surface area contributed by atoms with Gasteiger partial charge in [0.05, 0.1) is 11.5 Å². The molecule has 1 aromatic rings. The second-order valence-corrected chi connectivity index (χ2v) is 5.75. The second kappa shape index (κ2) is 5.65. The highest BCUT2D eigenvalue weighted by Crippen LogP contribution is 2.19. The molecular weight excluding hydrogens is 280 g/mol. The summed E-state index contributed by atoms with van der Waals surface area (Å²) >= 11 is 3.38. The standard InChI is InChI=1S/C13H19BrN2O/c1-9(10-4-6-11(14)7-5-10)16-12(17)13(2,3)8-15/h4-7,9H,8,15H2,1-3H3,(H,16,17)/t9-/m1/s1. The highest BCUT2D eigenvalue weighted by Gasteiger charge is 2.26. The lowest BCUT2D eigenvalue weighted by molar-refractivity contribution is -0.129. The molecule has 0 aliphatic rings. The Morgan fingerprint density at radius 3 is 2.41 bits per heavy atom. The van der Waals surface area contributed by atoms with Gasteiger partial charge >= 0.3 is 0 Å². The molecule has 0 aromatic heterocycles. The van der Waals surface area contributed by atoms with Gasteiger partial charge in [-0.2, -0.15) is 0 Å². The Labute approximate surface area is 111 Å². The van der Waals surface area contributed by atoms with Crippen LogP contribution in [-0.4, -0.2) is 12.5 Å². The van der Waals surface area contributed by atoms with Crippen LogP contribution in [0, 0.1) is 5.41 Å². The molecule has 0 aliphatic heterocycles. The molecule has 1 amide bonds. The summed E-state index contributed by atoms with van der Waals surface area (Å²) in [6.07, 6.45) is 0. The number of carbonyl (C=O) groups is 1. The number of nitrogens with two attached hydrogens (primary N) is 1. The van der Waals surface area contributed by atoms with Gasteiger partial charge in [0.25, 0.3) is 0 Å². The zero-order valence-electron chi connectivity index (χ0n) is 10.5. The molecule has 0 spiro atoms. The summed E-state index contributed by atoms with van der Waals surface area (Å²) in [5, 5.41) is 2.97. The Kier molecular flexibility index (Phi) is 4.71. The molecule has 0 unspecified atom stereocenters. The topological polar surface area (TPSA) is 55.1 Å². The molecule has 0 aliphatic carbocycles. The molecule has 0 fully saturated rings. The lowest BCUT2D eigenvalue weighted by atomic mass is 9.92. The summed E-state index contributed by atoms with van der Waals surface area (Å²) in [7, 11) is 0. The third-order valence-electron chi connectivity index (χ3n) is 2.84. The van der Waals surface area contributed by atoms with Gasteiger partial charge in [-0.3, -0.25) is 4.79 Å². The summed E-state index contributed by atoms with van der Waals surface area (Å²) < 4.78 is 1.03. The molecule has 17 heavy (non-hydrogen) atoms. The summed E-state index contributed by atoms with van der Waals surface area (Å²) in [4.78, 5) is 11.9. The largest absolute Gasteiger partial charge is 0.349 e. The molecule has 3 N–H and O–H groups in total. The lowest BCUT2D eigenvalue weighted by Gasteiger charge is -2.24. The van der Waals surface area contributed by atoms with Crippen LogP contribution in [0.1, 0.15) is 32.4 Å². The maximum atomic E-state index is 11.9. The van der Waals surface area contributed by atoms with E-state index in [1.807, 2.05) is 45.0 Å². The normalized spacial score (nSPS) is 13.2. The minimum absolute atomic E-state index is 0.0126. The monoisotopic (exact) mass is 298 g/mol. The predicted molar refractivity (Wildman–Crippen MR) is 73.5 cm³/mol. The van der Waals surface area contributed by atoms with Crippen LogP contribution in [0.15, 0.2) is 28.7 Å². The van der Waals surface area contributed by atoms with Crippen LogP contribution in [0.2, 0.25) is 0 Å². The van der Waals surface area contributed by atoms with Gasteiger partial charge < -0.3 is 11.1 Å². The molecule has 4 heteroatoms. The number of carbonyl (C=O) groups excluding carboxylic acids is 1. The molecule has 0 radical (unpaired) electrons. The third-order valence-corrected chi connectivity index (χ3v) is 3.37. The van der Waals surface area contributed by atoms with E-state index in [4.69, 9.17) is 5.73 Å². The number of hydrogen-bond donors (Lipinski definition) is 2. The number of amides is 1. The number of benzene rings is 1. The fraction of sp³-hybridized carbons (Fsp3) is 0.462. The average Bonchev–Trinajstić information content (AvgIpc) is 2.29. The molecule has 1 aromatic carbocycles. The molecule has 0 heterocycles. The van der Waals surface area contributed by atoms with Gasteiger partial charge in [0, 0.05) is 11.0 Å². The van der Waals surface area contributed by atoms with Crippen molar-refractivity contribution in [2.45, 2.75) is 26.8 Å². The molecule has 0 saturated heterocycles. The van der Waals surface area contributed by atoms with Crippen molar-refractivity contribution in [3.8, 4) is 0 Å². The quantitative estimate of drug-likeness (QED) is 0.898. The van der Waals surface area contributed by atoms with Crippen LogP contribution >= 0.6 is 15.9 Å². The van der Waals surface area contributed by atoms with E-state index in [1.165, 1.54) is 0 Å². The van der Waals surface area contributed by atoms with Crippen LogP contribution in [0.4, 0.5) is 0 Å². The summed E-state index contributed by atoms with van der Waals surface area (Å²) in [5.41, 5.74) is 6.13. The summed E-state index contributed by atoms with van der Waals surface area (Å²) in [6, 6.07) is 7.90. The van der Waals surface area contributed by atoms with E-state index >= 15 is 0 Å². The Bertz CT molecular complexity index is 387. The first kappa shape index (κ1) is 14.2. The first-order chi connectivity index (χ1) is 7.86. The second-order valence-electron chi connectivity index (χ2n) is 4.83. The van der Waals surface area contributed by atoms with Crippen LogP contribution in [0.25, 0.3) is 0 Å². The van der Waals surface area contributed by atoms with E-state index in [-0.39, 0.29) is 11.9 Å². The molecule has 1 rings (SSSR count). The molecule has 0 bridgehead atoms. The van der Waals surface area contributed by atoms with E-state index in [9.17, 15) is 4.79 Å². The van der Waals surface area contributed by atoms with E-state index in [0.29, 0.717) is 6.54 Å². The maximum absolute atomic E-state index is 11.9. The molecular formula is C13H19BrN2O. The Morgan fingerprint density at radius 1 is 1.41 bits per heavy atom. The van der Waals surface area contributed by atoms with Crippen molar-refractivity contribution in [3.05, 3.63) is 34.3 Å². The summed E-state index contributed by atoms with van der Waals surface area (Å²) in [6.45, 7) is 5.99. The lowest BCUT2D eigenvalue weighted by Crippen LogP contribution is -2.42. The van der Waals surface area contributed by atoms with Gasteiger partial charge in [0.1, 0.15) is 0 Å². The fourth-order valence-electron chi connectivity index (χ4n) is 1.32. The maximum Gasteiger partial charge on any atom is 0.227 e. The Balaban J connectivity index is 2.70. The molecule has 3 nitrogen and oxygen atoms in total. The fourth-order valence-corrected chi connectivity index (χ4v) is 1.58. The highest BCUT2D eigenvalue weighted by atomic mass is 79.9. The zero-order chi connectivity index (χ0) is 13.1. The van der Waals surface area contributed by atoms with E-state index in [2.05, 4.69) is 21.2 Å². The van der Waals surface area contributed by atoms with Crippen LogP contribution in [0.3, 0.4) is 0 Å². The van der Waals surface area contributed by atoms with Gasteiger partial charge in [0.15, 0.2) is 0 Å². The van der Waals surface area contributed by atoms with Gasteiger partial charge in [-0.1, -0.05) is 28.1 Å². The molecule has 1 atom stereocenters. The van der Waals surface area contributed by atoms with Crippen molar-refractivity contribution in [1.29, 1.82) is 0 Å². The van der Waals surface area contributed by atoms with Crippen LogP contribution < -0.4 is 11.1 Å². The number of nitrogens with one attached hydrogen (secondary N) is 1. The highest BCUT2D eigenvalue weighted by molar-refractivity contribution is 9.10. The van der Waals surface area contributed by atoms with E-state index in [0.717, 1.165) is 10.0 Å². The van der Waals surface area contributed by atoms with Crippen molar-refractivity contribution >= 4 is 21.8 Å². The predicted octanol–water partition coefficient (Wildman–Crippen LogP) is 2.61. The van der Waals surface area contributed by atoms with Crippen molar-refractivity contribution in [2.75, 3.05) is 6.54 Å². The number of rotatable bonds is 4. The summed E-state index contributed by atoms with van der Waals surface area (Å²) in [5.74, 6) is -0.0181. The van der Waals surface area contributed by atoms with Crippen molar-refractivity contribution in [2.24, 2.45) is 11.1 Å². The Hall–Kier alpha value is -0.870. The van der Waals surface area contributed by atoms with Gasteiger partial charge in [-0.15, -0.1) is 0 Å².